The smallest absolute Gasteiger partial charge is 0.205 e. The van der Waals surface area contributed by atoms with Crippen molar-refractivity contribution in [3.63, 3.8) is 0 Å². The van der Waals surface area contributed by atoms with Crippen LogP contribution in [-0.4, -0.2) is 12.3 Å². The summed E-state index contributed by atoms with van der Waals surface area (Å²) in [5.41, 5.74) is 2.30. The Morgan fingerprint density at radius 1 is 0.962 bits per heavy atom. The molecule has 1 saturated carbocycles. The molecule has 2 aromatic carbocycles. The number of hydrogen-bond donors (Lipinski definition) is 1. The Morgan fingerprint density at radius 3 is 2.46 bits per heavy atom. The molecular weight excluding hydrogens is 322 g/mol. The number of anilines is 1. The van der Waals surface area contributed by atoms with Crippen molar-refractivity contribution in [2.24, 2.45) is 5.92 Å². The number of carbonyl (C=O) groups is 1. The van der Waals surface area contributed by atoms with Gasteiger partial charge < -0.3 is 5.32 Å². The van der Waals surface area contributed by atoms with Crippen LogP contribution in [0.5, 0.6) is 0 Å². The second-order valence-corrected chi connectivity index (χ2v) is 7.08. The molecule has 0 radical (unpaired) electrons. The van der Waals surface area contributed by atoms with Gasteiger partial charge in [0.05, 0.1) is 5.57 Å². The predicted molar refractivity (Wildman–Crippen MR) is 101 cm³/mol. The van der Waals surface area contributed by atoms with Crippen molar-refractivity contribution < 1.29 is 4.79 Å². The zero-order chi connectivity index (χ0) is 18.1. The van der Waals surface area contributed by atoms with E-state index in [-0.39, 0.29) is 16.9 Å². The first-order chi connectivity index (χ1) is 12.7. The molecule has 2 aliphatic carbocycles. The number of nitriles is 2. The molecule has 128 valence electrons. The molecule has 0 unspecified atom stereocenters. The number of rotatable bonds is 3. The van der Waals surface area contributed by atoms with Gasteiger partial charge >= 0.3 is 0 Å². The minimum absolute atomic E-state index is 0.0598. The van der Waals surface area contributed by atoms with Crippen LogP contribution in [0.3, 0.4) is 0 Å². The van der Waals surface area contributed by atoms with E-state index in [2.05, 4.69) is 11.4 Å². The molecule has 26 heavy (non-hydrogen) atoms. The highest BCUT2D eigenvalue weighted by molar-refractivity contribution is 6.28. The lowest BCUT2D eigenvalue weighted by atomic mass is 9.83. The SMILES string of the molecule is N#CC1=C(C#N)c2ccc(NCC3CCCCC3)c3cccc(c23)C1=O. The molecule has 0 saturated heterocycles. The molecule has 4 rings (SSSR count). The number of Topliss-reactive ketones (excluding diaryl/α,β-unsaturated/α-hetero) is 1. The molecule has 0 atom stereocenters. The molecule has 4 heteroatoms. The van der Waals surface area contributed by atoms with Crippen molar-refractivity contribution in [2.45, 2.75) is 32.1 Å². The Labute approximate surface area is 152 Å². The van der Waals surface area contributed by atoms with Crippen LogP contribution in [0.25, 0.3) is 16.3 Å². The highest BCUT2D eigenvalue weighted by Crippen LogP contribution is 2.39. The van der Waals surface area contributed by atoms with Crippen molar-refractivity contribution in [3.05, 3.63) is 47.0 Å². The van der Waals surface area contributed by atoms with Crippen LogP contribution in [-0.2, 0) is 0 Å². The molecule has 0 amide bonds. The Hall–Kier alpha value is -3.11. The van der Waals surface area contributed by atoms with Crippen LogP contribution >= 0.6 is 0 Å². The highest BCUT2D eigenvalue weighted by atomic mass is 16.1. The standard InChI is InChI=1S/C22H19N3O/c23-11-18-15-9-10-20(25-13-14-5-2-1-3-6-14)16-7-4-8-17(21(15)16)22(26)19(18)12-24/h4,7-10,14,25H,1-3,5-6,13H2. The van der Waals surface area contributed by atoms with Crippen LogP contribution < -0.4 is 5.32 Å². The number of nitrogens with zero attached hydrogens (tertiary/aromatic N) is 2. The van der Waals surface area contributed by atoms with Gasteiger partial charge in [-0.2, -0.15) is 10.5 Å². The first-order valence-electron chi connectivity index (χ1n) is 9.13. The topological polar surface area (TPSA) is 76.7 Å². The summed E-state index contributed by atoms with van der Waals surface area (Å²) in [4.78, 5) is 12.7. The van der Waals surface area contributed by atoms with Crippen molar-refractivity contribution in [1.82, 2.24) is 0 Å². The molecule has 0 bridgehead atoms. The van der Waals surface area contributed by atoms with Gasteiger partial charge in [-0.3, -0.25) is 4.79 Å². The summed E-state index contributed by atoms with van der Waals surface area (Å²) in [7, 11) is 0. The average Bonchev–Trinajstić information content (AvgIpc) is 2.70. The number of hydrogen-bond acceptors (Lipinski definition) is 4. The van der Waals surface area contributed by atoms with Crippen LogP contribution in [0, 0.1) is 28.6 Å². The summed E-state index contributed by atoms with van der Waals surface area (Å²) >= 11 is 0. The molecule has 2 aliphatic rings. The maximum Gasteiger partial charge on any atom is 0.205 e. The Balaban J connectivity index is 1.79. The largest absolute Gasteiger partial charge is 0.384 e. The second kappa shape index (κ2) is 6.65. The highest BCUT2D eigenvalue weighted by Gasteiger charge is 2.28. The van der Waals surface area contributed by atoms with E-state index in [0.29, 0.717) is 17.0 Å². The second-order valence-electron chi connectivity index (χ2n) is 7.08. The lowest BCUT2D eigenvalue weighted by molar-refractivity contribution is 0.104. The van der Waals surface area contributed by atoms with Gasteiger partial charge in [-0.1, -0.05) is 43.5 Å². The van der Waals surface area contributed by atoms with E-state index >= 15 is 0 Å². The summed E-state index contributed by atoms with van der Waals surface area (Å²) in [6.45, 7) is 0.928. The maximum absolute atomic E-state index is 12.7. The first-order valence-corrected chi connectivity index (χ1v) is 9.13. The fourth-order valence-electron chi connectivity index (χ4n) is 4.21. The zero-order valence-corrected chi connectivity index (χ0v) is 14.5. The average molecular weight is 341 g/mol. The van der Waals surface area contributed by atoms with E-state index in [4.69, 9.17) is 0 Å². The number of carbonyl (C=O) groups excluding carboxylic acids is 1. The van der Waals surface area contributed by atoms with Gasteiger partial charge in [0.15, 0.2) is 0 Å². The van der Waals surface area contributed by atoms with Crippen molar-refractivity contribution in [3.8, 4) is 12.1 Å². The molecule has 0 aromatic heterocycles. The molecule has 0 heterocycles. The van der Waals surface area contributed by atoms with Gasteiger partial charge in [0, 0.05) is 34.1 Å². The Bertz CT molecular complexity index is 1010. The molecule has 0 spiro atoms. The predicted octanol–water partition coefficient (Wildman–Crippen LogP) is 4.83. The summed E-state index contributed by atoms with van der Waals surface area (Å²) in [6.07, 6.45) is 6.47. The Kier molecular flexibility index (Phi) is 4.19. The normalized spacial score (nSPS) is 17.1. The molecule has 1 N–H and O–H groups in total. The van der Waals surface area contributed by atoms with E-state index in [9.17, 15) is 15.3 Å². The number of ketones is 1. The minimum atomic E-state index is -0.355. The third-order valence-electron chi connectivity index (χ3n) is 5.56. The van der Waals surface area contributed by atoms with Crippen LogP contribution in [0.4, 0.5) is 5.69 Å². The molecule has 2 aromatic rings. The molecule has 1 fully saturated rings. The van der Waals surface area contributed by atoms with E-state index in [0.717, 1.165) is 23.0 Å². The third kappa shape index (κ3) is 2.55. The van der Waals surface area contributed by atoms with Crippen molar-refractivity contribution in [1.29, 1.82) is 10.5 Å². The summed E-state index contributed by atoms with van der Waals surface area (Å²) in [6, 6.07) is 13.4. The molecule has 4 nitrogen and oxygen atoms in total. The number of benzene rings is 2. The third-order valence-corrected chi connectivity index (χ3v) is 5.56. The van der Waals surface area contributed by atoms with Crippen molar-refractivity contribution >= 4 is 27.8 Å². The van der Waals surface area contributed by atoms with Gasteiger partial charge in [0.25, 0.3) is 0 Å². The van der Waals surface area contributed by atoms with E-state index in [1.807, 2.05) is 30.3 Å². The monoisotopic (exact) mass is 341 g/mol. The fraction of sp³-hybridized carbons (Fsp3) is 0.318. The van der Waals surface area contributed by atoms with Crippen LogP contribution in [0.15, 0.2) is 35.9 Å². The molecular formula is C22H19N3O. The molecule has 0 aliphatic heterocycles. The van der Waals surface area contributed by atoms with Crippen LogP contribution in [0.2, 0.25) is 0 Å². The quantitative estimate of drug-likeness (QED) is 0.867. The van der Waals surface area contributed by atoms with E-state index in [1.54, 1.807) is 6.07 Å². The van der Waals surface area contributed by atoms with Gasteiger partial charge in [-0.25, -0.2) is 0 Å². The fourth-order valence-corrected chi connectivity index (χ4v) is 4.21. The summed E-state index contributed by atoms with van der Waals surface area (Å²) in [5.74, 6) is 0.336. The lowest BCUT2D eigenvalue weighted by Crippen LogP contribution is -2.17. The van der Waals surface area contributed by atoms with Gasteiger partial charge in [0.2, 0.25) is 5.78 Å². The van der Waals surface area contributed by atoms with Gasteiger partial charge in [0.1, 0.15) is 17.7 Å². The number of nitrogens with one attached hydrogen (secondary N) is 1. The Morgan fingerprint density at radius 2 is 1.73 bits per heavy atom. The summed E-state index contributed by atoms with van der Waals surface area (Å²) < 4.78 is 0. The van der Waals surface area contributed by atoms with E-state index in [1.165, 1.54) is 32.1 Å². The van der Waals surface area contributed by atoms with Crippen molar-refractivity contribution in [2.75, 3.05) is 11.9 Å². The van der Waals surface area contributed by atoms with Gasteiger partial charge in [-0.15, -0.1) is 0 Å². The zero-order valence-electron chi connectivity index (χ0n) is 14.5. The van der Waals surface area contributed by atoms with Gasteiger partial charge in [-0.05, 0) is 24.8 Å². The van der Waals surface area contributed by atoms with Crippen LogP contribution in [0.1, 0.15) is 48.0 Å². The van der Waals surface area contributed by atoms with E-state index < -0.39 is 0 Å². The maximum atomic E-state index is 12.7. The summed E-state index contributed by atoms with van der Waals surface area (Å²) in [5, 5.41) is 24.1. The first kappa shape index (κ1) is 16.4. The minimum Gasteiger partial charge on any atom is -0.384 e. The number of allylic oxidation sites excluding steroid dienone is 2. The lowest BCUT2D eigenvalue weighted by Gasteiger charge is -2.24.